The highest BCUT2D eigenvalue weighted by Crippen LogP contribution is 2.35. The third kappa shape index (κ3) is 2.93. The molecule has 0 bridgehead atoms. The van der Waals surface area contributed by atoms with Crippen LogP contribution in [-0.4, -0.2) is 29.1 Å². The van der Waals surface area contributed by atoms with Crippen molar-refractivity contribution >= 4 is 28.4 Å². The fourth-order valence-corrected chi connectivity index (χ4v) is 2.71. The number of aromatic amines is 1. The SMILES string of the molecule is O=C(NCCO)c1[nH]c2ccc(Cl)cc2c1-c1ccccc1F. The Bertz CT molecular complexity index is 876. The summed E-state index contributed by atoms with van der Waals surface area (Å²) in [6, 6.07) is 11.4. The molecule has 3 rings (SSSR count). The highest BCUT2D eigenvalue weighted by atomic mass is 35.5. The summed E-state index contributed by atoms with van der Waals surface area (Å²) in [5.74, 6) is -0.839. The van der Waals surface area contributed by atoms with E-state index < -0.39 is 11.7 Å². The van der Waals surface area contributed by atoms with Gasteiger partial charge in [0.05, 0.1) is 6.61 Å². The van der Waals surface area contributed by atoms with Crippen molar-refractivity contribution in [2.75, 3.05) is 13.2 Å². The molecule has 0 spiro atoms. The third-order valence-corrected chi connectivity index (χ3v) is 3.76. The van der Waals surface area contributed by atoms with Crippen LogP contribution in [0.5, 0.6) is 0 Å². The number of fused-ring (bicyclic) bond motifs is 1. The smallest absolute Gasteiger partial charge is 0.268 e. The van der Waals surface area contributed by atoms with E-state index in [0.29, 0.717) is 27.1 Å². The standard InChI is InChI=1S/C17H14ClFN2O2/c18-10-5-6-14-12(9-10)15(11-3-1-2-4-13(11)19)16(21-14)17(23)20-7-8-22/h1-6,9,21-22H,7-8H2,(H,20,23). The zero-order valence-electron chi connectivity index (χ0n) is 12.1. The maximum atomic E-state index is 14.3. The predicted molar refractivity (Wildman–Crippen MR) is 88.1 cm³/mol. The van der Waals surface area contributed by atoms with Gasteiger partial charge in [-0.15, -0.1) is 0 Å². The largest absolute Gasteiger partial charge is 0.395 e. The first-order chi connectivity index (χ1) is 11.1. The quantitative estimate of drug-likeness (QED) is 0.686. The summed E-state index contributed by atoms with van der Waals surface area (Å²) in [5.41, 5.74) is 1.69. The third-order valence-electron chi connectivity index (χ3n) is 3.53. The van der Waals surface area contributed by atoms with Crippen molar-refractivity contribution in [3.8, 4) is 11.1 Å². The number of hydrogen-bond donors (Lipinski definition) is 3. The average Bonchev–Trinajstić information content (AvgIpc) is 2.91. The van der Waals surface area contributed by atoms with Crippen molar-refractivity contribution in [2.24, 2.45) is 0 Å². The molecule has 2 aromatic carbocycles. The molecule has 23 heavy (non-hydrogen) atoms. The van der Waals surface area contributed by atoms with Crippen LogP contribution in [0.4, 0.5) is 4.39 Å². The summed E-state index contributed by atoms with van der Waals surface area (Å²) in [4.78, 5) is 15.4. The van der Waals surface area contributed by atoms with Crippen molar-refractivity contribution in [1.29, 1.82) is 0 Å². The molecule has 0 radical (unpaired) electrons. The van der Waals surface area contributed by atoms with E-state index in [1.165, 1.54) is 6.07 Å². The topological polar surface area (TPSA) is 65.1 Å². The number of carbonyl (C=O) groups is 1. The van der Waals surface area contributed by atoms with Gasteiger partial charge in [-0.25, -0.2) is 4.39 Å². The zero-order chi connectivity index (χ0) is 16.4. The van der Waals surface area contributed by atoms with Crippen molar-refractivity contribution < 1.29 is 14.3 Å². The van der Waals surface area contributed by atoms with Crippen LogP contribution in [0.1, 0.15) is 10.5 Å². The van der Waals surface area contributed by atoms with Crippen molar-refractivity contribution in [3.05, 3.63) is 59.0 Å². The van der Waals surface area contributed by atoms with Crippen LogP contribution in [0.25, 0.3) is 22.0 Å². The van der Waals surface area contributed by atoms with Crippen LogP contribution in [0.2, 0.25) is 5.02 Å². The van der Waals surface area contributed by atoms with E-state index in [2.05, 4.69) is 10.3 Å². The Labute approximate surface area is 136 Å². The summed E-state index contributed by atoms with van der Waals surface area (Å²) < 4.78 is 14.3. The second-order valence-corrected chi connectivity index (χ2v) is 5.46. The van der Waals surface area contributed by atoms with Gasteiger partial charge in [-0.3, -0.25) is 4.79 Å². The van der Waals surface area contributed by atoms with Crippen LogP contribution >= 0.6 is 11.6 Å². The molecule has 0 aliphatic rings. The Morgan fingerprint density at radius 2 is 2.04 bits per heavy atom. The van der Waals surface area contributed by atoms with Crippen molar-refractivity contribution in [3.63, 3.8) is 0 Å². The van der Waals surface area contributed by atoms with Gasteiger partial charge in [-0.2, -0.15) is 0 Å². The lowest BCUT2D eigenvalue weighted by atomic mass is 10.0. The molecule has 4 nitrogen and oxygen atoms in total. The first-order valence-corrected chi connectivity index (χ1v) is 7.45. The van der Waals surface area contributed by atoms with E-state index in [4.69, 9.17) is 16.7 Å². The van der Waals surface area contributed by atoms with E-state index in [0.717, 1.165) is 0 Å². The average molecular weight is 333 g/mol. The van der Waals surface area contributed by atoms with E-state index in [1.54, 1.807) is 36.4 Å². The van der Waals surface area contributed by atoms with Crippen LogP contribution < -0.4 is 5.32 Å². The molecule has 1 aromatic heterocycles. The molecule has 1 amide bonds. The number of rotatable bonds is 4. The fraction of sp³-hybridized carbons (Fsp3) is 0.118. The van der Waals surface area contributed by atoms with Gasteiger partial charge in [0.2, 0.25) is 0 Å². The number of carbonyl (C=O) groups excluding carboxylic acids is 1. The molecule has 1 heterocycles. The maximum absolute atomic E-state index is 14.3. The Morgan fingerprint density at radius 3 is 2.78 bits per heavy atom. The maximum Gasteiger partial charge on any atom is 0.268 e. The van der Waals surface area contributed by atoms with Crippen LogP contribution in [-0.2, 0) is 0 Å². The Morgan fingerprint density at radius 1 is 1.26 bits per heavy atom. The van der Waals surface area contributed by atoms with Crippen LogP contribution in [0.3, 0.4) is 0 Å². The predicted octanol–water partition coefficient (Wildman–Crippen LogP) is 3.35. The first-order valence-electron chi connectivity index (χ1n) is 7.07. The normalized spacial score (nSPS) is 10.9. The summed E-state index contributed by atoms with van der Waals surface area (Å²) in [5, 5.41) is 12.6. The molecule has 0 saturated carbocycles. The molecule has 3 aromatic rings. The second-order valence-electron chi connectivity index (χ2n) is 5.02. The van der Waals surface area contributed by atoms with Gasteiger partial charge in [-0.1, -0.05) is 29.8 Å². The monoisotopic (exact) mass is 332 g/mol. The van der Waals surface area contributed by atoms with Gasteiger partial charge in [0.15, 0.2) is 0 Å². The van der Waals surface area contributed by atoms with Gasteiger partial charge in [0, 0.05) is 33.6 Å². The van der Waals surface area contributed by atoms with E-state index in [9.17, 15) is 9.18 Å². The van der Waals surface area contributed by atoms with Crippen molar-refractivity contribution in [1.82, 2.24) is 10.3 Å². The molecular weight excluding hydrogens is 319 g/mol. The highest BCUT2D eigenvalue weighted by molar-refractivity contribution is 6.31. The zero-order valence-corrected chi connectivity index (χ0v) is 12.8. The minimum Gasteiger partial charge on any atom is -0.395 e. The van der Waals surface area contributed by atoms with Gasteiger partial charge < -0.3 is 15.4 Å². The number of aliphatic hydroxyl groups excluding tert-OH is 1. The fourth-order valence-electron chi connectivity index (χ4n) is 2.54. The lowest BCUT2D eigenvalue weighted by Crippen LogP contribution is -2.27. The van der Waals surface area contributed by atoms with Gasteiger partial charge >= 0.3 is 0 Å². The second kappa shape index (κ2) is 6.40. The molecule has 118 valence electrons. The lowest BCUT2D eigenvalue weighted by molar-refractivity contribution is 0.0941. The number of H-pyrrole nitrogens is 1. The molecule has 6 heteroatoms. The van der Waals surface area contributed by atoms with Crippen LogP contribution in [0, 0.1) is 5.82 Å². The summed E-state index contributed by atoms with van der Waals surface area (Å²) >= 11 is 6.05. The van der Waals surface area contributed by atoms with E-state index in [-0.39, 0.29) is 18.8 Å². The Kier molecular flexibility index (Phi) is 4.32. The Balaban J connectivity index is 2.25. The number of benzene rings is 2. The van der Waals surface area contributed by atoms with Gasteiger partial charge in [0.25, 0.3) is 5.91 Å². The summed E-state index contributed by atoms with van der Waals surface area (Å²) in [6.45, 7) is -0.0570. The lowest BCUT2D eigenvalue weighted by Gasteiger charge is -2.07. The molecule has 0 aliphatic carbocycles. The highest BCUT2D eigenvalue weighted by Gasteiger charge is 2.21. The number of nitrogens with one attached hydrogen (secondary N) is 2. The number of aliphatic hydroxyl groups is 1. The molecule has 0 aliphatic heterocycles. The Hall–Kier alpha value is -2.37. The molecule has 0 fully saturated rings. The molecule has 0 unspecified atom stereocenters. The van der Waals surface area contributed by atoms with Crippen LogP contribution in [0.15, 0.2) is 42.5 Å². The first kappa shape index (κ1) is 15.5. The minimum atomic E-state index is -0.426. The molecule has 3 N–H and O–H groups in total. The number of halogens is 2. The van der Waals surface area contributed by atoms with Crippen molar-refractivity contribution in [2.45, 2.75) is 0 Å². The summed E-state index contributed by atoms with van der Waals surface area (Å²) in [7, 11) is 0. The summed E-state index contributed by atoms with van der Waals surface area (Å²) in [6.07, 6.45) is 0. The number of aromatic nitrogens is 1. The van der Waals surface area contributed by atoms with E-state index in [1.807, 2.05) is 0 Å². The van der Waals surface area contributed by atoms with Gasteiger partial charge in [-0.05, 0) is 24.3 Å². The van der Waals surface area contributed by atoms with E-state index >= 15 is 0 Å². The molecular formula is C17H14ClFN2O2. The molecule has 0 atom stereocenters. The van der Waals surface area contributed by atoms with Gasteiger partial charge in [0.1, 0.15) is 11.5 Å². The minimum absolute atomic E-state index is 0.117. The number of hydrogen-bond acceptors (Lipinski definition) is 2. The number of amides is 1. The molecule has 0 saturated heterocycles.